The predicted octanol–water partition coefficient (Wildman–Crippen LogP) is 0.852. The number of nitrogens with one attached hydrogen (secondary N) is 2. The molecule has 1 radical (unpaired) electrons. The van der Waals surface area contributed by atoms with E-state index in [-0.39, 0.29) is 5.91 Å². The molecule has 0 atom stereocenters. The van der Waals surface area contributed by atoms with Crippen LogP contribution in [0.3, 0.4) is 0 Å². The highest BCUT2D eigenvalue weighted by molar-refractivity contribution is 6.29. The fourth-order valence-corrected chi connectivity index (χ4v) is 0.876. The first-order valence-electron chi connectivity index (χ1n) is 3.14. The zero-order chi connectivity index (χ0) is 8.27. The molecule has 1 heterocycles. The fraction of sp³-hybridized carbons (Fsp3) is 0.143. The standard InChI is InChI=1S/C7H8ClN2O/c1-5(11)10-6-3-2-4-9-7(6)8/h2-4,9H,1H3,(H,10,11). The molecule has 0 unspecified atom stereocenters. The van der Waals surface area contributed by atoms with Gasteiger partial charge in [-0.05, 0) is 18.4 Å². The van der Waals surface area contributed by atoms with Crippen molar-refractivity contribution >= 4 is 17.5 Å². The van der Waals surface area contributed by atoms with Crippen molar-refractivity contribution in [1.29, 1.82) is 0 Å². The fourth-order valence-electron chi connectivity index (χ4n) is 0.703. The highest BCUT2D eigenvalue weighted by Crippen LogP contribution is 2.15. The number of carbonyl (C=O) groups is 1. The molecular weight excluding hydrogens is 164 g/mol. The van der Waals surface area contributed by atoms with E-state index in [9.17, 15) is 4.79 Å². The zero-order valence-electron chi connectivity index (χ0n) is 6.02. The van der Waals surface area contributed by atoms with Crippen molar-refractivity contribution in [2.75, 3.05) is 0 Å². The Morgan fingerprint density at radius 3 is 3.00 bits per heavy atom. The summed E-state index contributed by atoms with van der Waals surface area (Å²) in [4.78, 5) is 10.6. The quantitative estimate of drug-likeness (QED) is 0.575. The van der Waals surface area contributed by atoms with Crippen LogP contribution >= 0.6 is 11.6 Å². The SMILES string of the molecule is CC(=O)NC1=CC=CN[C]1Cl. The van der Waals surface area contributed by atoms with Crippen molar-refractivity contribution in [2.24, 2.45) is 0 Å². The van der Waals surface area contributed by atoms with E-state index in [1.807, 2.05) is 0 Å². The minimum Gasteiger partial charge on any atom is -0.365 e. The van der Waals surface area contributed by atoms with Gasteiger partial charge in [-0.15, -0.1) is 0 Å². The second-order valence-electron chi connectivity index (χ2n) is 2.08. The van der Waals surface area contributed by atoms with Gasteiger partial charge in [-0.25, -0.2) is 0 Å². The third-order valence-corrected chi connectivity index (χ3v) is 1.43. The topological polar surface area (TPSA) is 41.1 Å². The van der Waals surface area contributed by atoms with Crippen molar-refractivity contribution in [1.82, 2.24) is 10.6 Å². The summed E-state index contributed by atoms with van der Waals surface area (Å²) < 4.78 is 0. The lowest BCUT2D eigenvalue weighted by molar-refractivity contribution is -0.118. The normalized spacial score (nSPS) is 17.1. The van der Waals surface area contributed by atoms with E-state index >= 15 is 0 Å². The third-order valence-electron chi connectivity index (χ3n) is 1.12. The molecule has 59 valence electrons. The van der Waals surface area contributed by atoms with Gasteiger partial charge in [-0.2, -0.15) is 0 Å². The Balaban J connectivity index is 2.61. The first kappa shape index (κ1) is 8.14. The van der Waals surface area contributed by atoms with E-state index in [4.69, 9.17) is 11.6 Å². The zero-order valence-corrected chi connectivity index (χ0v) is 6.77. The smallest absolute Gasteiger partial charge is 0.221 e. The van der Waals surface area contributed by atoms with E-state index < -0.39 is 0 Å². The molecule has 4 heteroatoms. The summed E-state index contributed by atoms with van der Waals surface area (Å²) in [7, 11) is 0. The number of hydrogen-bond donors (Lipinski definition) is 2. The van der Waals surface area contributed by atoms with Crippen LogP contribution in [0.15, 0.2) is 24.0 Å². The summed E-state index contributed by atoms with van der Waals surface area (Å²) >= 11 is 5.70. The van der Waals surface area contributed by atoms with Gasteiger partial charge in [0, 0.05) is 6.92 Å². The van der Waals surface area contributed by atoms with Crippen molar-refractivity contribution in [3.63, 3.8) is 0 Å². The van der Waals surface area contributed by atoms with E-state index in [1.165, 1.54) is 6.92 Å². The lowest BCUT2D eigenvalue weighted by atomic mass is 10.3. The monoisotopic (exact) mass is 171 g/mol. The molecule has 3 nitrogen and oxygen atoms in total. The number of allylic oxidation sites excluding steroid dienone is 2. The van der Waals surface area contributed by atoms with Gasteiger partial charge in [0.1, 0.15) is 0 Å². The van der Waals surface area contributed by atoms with Crippen LogP contribution in [0.25, 0.3) is 0 Å². The average molecular weight is 172 g/mol. The molecule has 0 spiro atoms. The predicted molar refractivity (Wildman–Crippen MR) is 43.3 cm³/mol. The molecule has 1 amide bonds. The molecule has 11 heavy (non-hydrogen) atoms. The summed E-state index contributed by atoms with van der Waals surface area (Å²) in [5, 5.41) is 5.33. The molecule has 0 aromatic rings. The summed E-state index contributed by atoms with van der Waals surface area (Å²) in [6.45, 7) is 1.43. The Labute approximate surface area is 70.1 Å². The lowest BCUT2D eigenvalue weighted by Gasteiger charge is -2.15. The second kappa shape index (κ2) is 3.44. The maximum absolute atomic E-state index is 10.6. The van der Waals surface area contributed by atoms with Crippen LogP contribution in [-0.4, -0.2) is 5.91 Å². The van der Waals surface area contributed by atoms with Gasteiger partial charge in [0.2, 0.25) is 5.91 Å². The van der Waals surface area contributed by atoms with E-state index in [2.05, 4.69) is 10.6 Å². The Bertz CT molecular complexity index is 222. The van der Waals surface area contributed by atoms with Crippen LogP contribution in [0, 0.1) is 5.50 Å². The summed E-state index contributed by atoms with van der Waals surface area (Å²) in [5.74, 6) is -0.133. The molecule has 0 fully saturated rings. The first-order valence-corrected chi connectivity index (χ1v) is 3.52. The summed E-state index contributed by atoms with van der Waals surface area (Å²) in [5.41, 5.74) is 1.03. The second-order valence-corrected chi connectivity index (χ2v) is 2.46. The van der Waals surface area contributed by atoms with Gasteiger partial charge >= 0.3 is 0 Å². The van der Waals surface area contributed by atoms with Crippen LogP contribution in [0.1, 0.15) is 6.92 Å². The van der Waals surface area contributed by atoms with Crippen LogP contribution in [0.4, 0.5) is 0 Å². The van der Waals surface area contributed by atoms with Gasteiger partial charge in [-0.1, -0.05) is 11.6 Å². The molecule has 2 N–H and O–H groups in total. The highest BCUT2D eigenvalue weighted by atomic mass is 35.5. The van der Waals surface area contributed by atoms with Crippen molar-refractivity contribution in [2.45, 2.75) is 6.92 Å². The number of hydrogen-bond acceptors (Lipinski definition) is 2. The number of carbonyl (C=O) groups excluding carboxylic acids is 1. The van der Waals surface area contributed by atoms with Crippen LogP contribution in [0.2, 0.25) is 0 Å². The molecule has 0 aromatic carbocycles. The molecule has 1 rings (SSSR count). The molecule has 0 bridgehead atoms. The maximum Gasteiger partial charge on any atom is 0.221 e. The molecule has 0 aromatic heterocycles. The highest BCUT2D eigenvalue weighted by Gasteiger charge is 2.12. The number of rotatable bonds is 1. The van der Waals surface area contributed by atoms with Crippen LogP contribution < -0.4 is 10.6 Å². The van der Waals surface area contributed by atoms with E-state index in [1.54, 1.807) is 18.4 Å². The average Bonchev–Trinajstić information content (AvgIpc) is 1.93. The molecule has 0 saturated carbocycles. The Kier molecular flexibility index (Phi) is 2.54. The van der Waals surface area contributed by atoms with Crippen molar-refractivity contribution in [3.8, 4) is 0 Å². The van der Waals surface area contributed by atoms with Gasteiger partial charge in [0.15, 0.2) is 5.50 Å². The Hall–Kier alpha value is -0.960. The lowest BCUT2D eigenvalue weighted by Crippen LogP contribution is -2.28. The molecule has 1 aliphatic heterocycles. The molecule has 1 aliphatic rings. The van der Waals surface area contributed by atoms with E-state index in [0.717, 1.165) is 0 Å². The minimum atomic E-state index is -0.133. The van der Waals surface area contributed by atoms with Gasteiger partial charge in [0.05, 0.1) is 5.70 Å². The van der Waals surface area contributed by atoms with Crippen LogP contribution in [-0.2, 0) is 4.79 Å². The number of dihydropyridines is 1. The number of amides is 1. The van der Waals surface area contributed by atoms with Gasteiger partial charge < -0.3 is 10.6 Å². The third kappa shape index (κ3) is 2.27. The van der Waals surface area contributed by atoms with Crippen molar-refractivity contribution in [3.05, 3.63) is 29.6 Å². The minimum absolute atomic E-state index is 0.133. The van der Waals surface area contributed by atoms with Crippen LogP contribution in [0.5, 0.6) is 0 Å². The van der Waals surface area contributed by atoms with Gasteiger partial charge in [-0.3, -0.25) is 4.79 Å². The molecule has 0 saturated heterocycles. The van der Waals surface area contributed by atoms with Gasteiger partial charge in [0.25, 0.3) is 0 Å². The Morgan fingerprint density at radius 2 is 2.45 bits per heavy atom. The summed E-state index contributed by atoms with van der Waals surface area (Å²) in [6, 6.07) is 0. The molecule has 0 aliphatic carbocycles. The maximum atomic E-state index is 10.6. The van der Waals surface area contributed by atoms with Crippen molar-refractivity contribution < 1.29 is 4.79 Å². The van der Waals surface area contributed by atoms with E-state index in [0.29, 0.717) is 11.2 Å². The Morgan fingerprint density at radius 1 is 1.73 bits per heavy atom. The number of halogens is 1. The first-order chi connectivity index (χ1) is 5.20. The summed E-state index contributed by atoms with van der Waals surface area (Å²) in [6.07, 6.45) is 5.17. The largest absolute Gasteiger partial charge is 0.365 e. The molecular formula is C7H8ClN2O.